The van der Waals surface area contributed by atoms with Gasteiger partial charge in [-0.2, -0.15) is 9.97 Å². The molecule has 0 saturated heterocycles. The van der Waals surface area contributed by atoms with Crippen LogP contribution in [0.1, 0.15) is 0 Å². The van der Waals surface area contributed by atoms with Crippen LogP contribution in [0.5, 0.6) is 0 Å². The largest absolute Gasteiger partial charge is 0.435 e. The normalized spacial score (nSPS) is 11.7. The molecular formula is C52H31N5OS. The molecule has 0 radical (unpaired) electrons. The summed E-state index contributed by atoms with van der Waals surface area (Å²) < 4.78 is 11.0. The zero-order chi connectivity index (χ0) is 38.9. The Bertz CT molecular complexity index is 3570. The van der Waals surface area contributed by atoms with E-state index >= 15 is 0 Å². The van der Waals surface area contributed by atoms with E-state index in [0.717, 1.165) is 76.5 Å². The molecule has 0 amide bonds. The van der Waals surface area contributed by atoms with E-state index in [1.54, 1.807) is 11.3 Å². The molecule has 0 aliphatic carbocycles. The van der Waals surface area contributed by atoms with Crippen LogP contribution in [-0.2, 0) is 0 Å². The molecule has 4 heterocycles. The van der Waals surface area contributed by atoms with Crippen LogP contribution in [0, 0.1) is 0 Å². The standard InChI is InChI=1S/C52H31N5OS/c1-3-15-32(16-4-1)36-23-14-29-44-46(36)40-22-7-9-28-43(40)57(44)52-55-49(54-50(56-52)41-26-12-25-39-38-21-8-10-30-45(38)59-48(39)41)35-20-11-19-34(31-35)37-24-13-27-42-47(37)58-51(53-42)33-17-5-2-6-18-33/h1-31H. The zero-order valence-corrected chi connectivity index (χ0v) is 32.3. The van der Waals surface area contributed by atoms with Crippen LogP contribution >= 0.6 is 11.3 Å². The van der Waals surface area contributed by atoms with E-state index in [0.29, 0.717) is 23.5 Å². The molecule has 59 heavy (non-hydrogen) atoms. The molecule has 6 nitrogen and oxygen atoms in total. The van der Waals surface area contributed by atoms with Crippen molar-refractivity contribution >= 4 is 64.4 Å². The van der Waals surface area contributed by atoms with E-state index in [1.807, 2.05) is 42.5 Å². The fraction of sp³-hybridized carbons (Fsp3) is 0. The maximum absolute atomic E-state index is 6.46. The lowest BCUT2D eigenvalue weighted by atomic mass is 9.99. The van der Waals surface area contributed by atoms with Crippen LogP contribution in [0.4, 0.5) is 0 Å². The Kier molecular flexibility index (Phi) is 7.61. The average Bonchev–Trinajstić information content (AvgIpc) is 4.02. The minimum Gasteiger partial charge on any atom is -0.435 e. The van der Waals surface area contributed by atoms with Crippen molar-refractivity contribution in [3.63, 3.8) is 0 Å². The Morgan fingerprint density at radius 1 is 0.424 bits per heavy atom. The van der Waals surface area contributed by atoms with Crippen molar-refractivity contribution in [2.75, 3.05) is 0 Å². The summed E-state index contributed by atoms with van der Waals surface area (Å²) in [6.45, 7) is 0. The highest BCUT2D eigenvalue weighted by molar-refractivity contribution is 7.26. The summed E-state index contributed by atoms with van der Waals surface area (Å²) in [5.41, 5.74) is 10.6. The van der Waals surface area contributed by atoms with Crippen molar-refractivity contribution < 1.29 is 4.42 Å². The number of hydrogen-bond acceptors (Lipinski definition) is 6. The third-order valence-electron chi connectivity index (χ3n) is 11.1. The summed E-state index contributed by atoms with van der Waals surface area (Å²) in [5, 5.41) is 4.70. The van der Waals surface area contributed by atoms with Gasteiger partial charge in [0.2, 0.25) is 11.8 Å². The Balaban J connectivity index is 1.10. The predicted molar refractivity (Wildman–Crippen MR) is 242 cm³/mol. The zero-order valence-electron chi connectivity index (χ0n) is 31.5. The number of fused-ring (bicyclic) bond motifs is 7. The minimum absolute atomic E-state index is 0.551. The minimum atomic E-state index is 0.551. The number of oxazole rings is 1. The molecule has 276 valence electrons. The van der Waals surface area contributed by atoms with Crippen molar-refractivity contribution in [1.29, 1.82) is 0 Å². The van der Waals surface area contributed by atoms with Crippen molar-refractivity contribution in [2.45, 2.75) is 0 Å². The first-order chi connectivity index (χ1) is 29.2. The van der Waals surface area contributed by atoms with Gasteiger partial charge in [-0.1, -0.05) is 140 Å². The molecule has 0 unspecified atom stereocenters. The molecule has 7 heteroatoms. The number of aromatic nitrogens is 5. The summed E-state index contributed by atoms with van der Waals surface area (Å²) >= 11 is 1.77. The van der Waals surface area contributed by atoms with Crippen LogP contribution < -0.4 is 0 Å². The van der Waals surface area contributed by atoms with Crippen molar-refractivity contribution in [3.05, 3.63) is 188 Å². The van der Waals surface area contributed by atoms with Crippen LogP contribution in [-0.4, -0.2) is 24.5 Å². The number of nitrogens with zero attached hydrogens (tertiary/aromatic N) is 5. The number of benzene rings is 8. The van der Waals surface area contributed by atoms with Crippen LogP contribution in [0.25, 0.3) is 116 Å². The van der Waals surface area contributed by atoms with E-state index in [9.17, 15) is 0 Å². The molecule has 4 aromatic heterocycles. The van der Waals surface area contributed by atoms with Gasteiger partial charge < -0.3 is 4.42 Å². The predicted octanol–water partition coefficient (Wildman–Crippen LogP) is 13.8. The van der Waals surface area contributed by atoms with Gasteiger partial charge in [0.15, 0.2) is 17.2 Å². The summed E-state index contributed by atoms with van der Waals surface area (Å²) in [5.74, 6) is 2.33. The Morgan fingerprint density at radius 2 is 1.05 bits per heavy atom. The molecule has 0 spiro atoms. The Morgan fingerprint density at radius 3 is 1.93 bits per heavy atom. The quantitative estimate of drug-likeness (QED) is 0.168. The maximum atomic E-state index is 6.46. The van der Waals surface area contributed by atoms with E-state index in [2.05, 4.69) is 150 Å². The molecule has 0 fully saturated rings. The number of para-hydroxylation sites is 2. The number of thiophene rings is 1. The van der Waals surface area contributed by atoms with Gasteiger partial charge in [0.25, 0.3) is 0 Å². The van der Waals surface area contributed by atoms with Gasteiger partial charge in [0, 0.05) is 53.2 Å². The summed E-state index contributed by atoms with van der Waals surface area (Å²) in [4.78, 5) is 20.9. The van der Waals surface area contributed by atoms with Crippen molar-refractivity contribution in [3.8, 4) is 62.4 Å². The van der Waals surface area contributed by atoms with Gasteiger partial charge in [-0.25, -0.2) is 9.97 Å². The van der Waals surface area contributed by atoms with Gasteiger partial charge in [0.05, 0.1) is 11.0 Å². The van der Waals surface area contributed by atoms with E-state index in [1.165, 1.54) is 15.5 Å². The summed E-state index contributed by atoms with van der Waals surface area (Å²) in [6.07, 6.45) is 0. The molecule has 12 rings (SSSR count). The SMILES string of the molecule is c1ccc(-c2nc3cccc(-c4cccc(-c5nc(-c6cccc7c6sc6ccccc67)nc(-n6c7ccccc7c7c(-c8ccccc8)cccc76)n5)c4)c3o2)cc1. The first kappa shape index (κ1) is 33.4. The molecular weight excluding hydrogens is 743 g/mol. The first-order valence-corrected chi connectivity index (χ1v) is 20.4. The van der Waals surface area contributed by atoms with Gasteiger partial charge in [-0.3, -0.25) is 4.57 Å². The summed E-state index contributed by atoms with van der Waals surface area (Å²) in [7, 11) is 0. The van der Waals surface area contributed by atoms with Gasteiger partial charge >= 0.3 is 0 Å². The van der Waals surface area contributed by atoms with E-state index in [4.69, 9.17) is 24.4 Å². The van der Waals surface area contributed by atoms with Crippen LogP contribution in [0.3, 0.4) is 0 Å². The van der Waals surface area contributed by atoms with Gasteiger partial charge in [-0.15, -0.1) is 11.3 Å². The highest BCUT2D eigenvalue weighted by Gasteiger charge is 2.22. The Labute approximate surface area is 342 Å². The second kappa shape index (κ2) is 13.4. The molecule has 12 aromatic rings. The Hall–Kier alpha value is -7.74. The lowest BCUT2D eigenvalue weighted by Gasteiger charge is -2.12. The van der Waals surface area contributed by atoms with Gasteiger partial charge in [-0.05, 0) is 65.2 Å². The average molecular weight is 774 g/mol. The molecule has 0 aliphatic heterocycles. The van der Waals surface area contributed by atoms with Crippen molar-refractivity contribution in [2.24, 2.45) is 0 Å². The maximum Gasteiger partial charge on any atom is 0.238 e. The molecule has 0 aliphatic rings. The molecule has 8 aromatic carbocycles. The first-order valence-electron chi connectivity index (χ1n) is 19.6. The highest BCUT2D eigenvalue weighted by atomic mass is 32.1. The van der Waals surface area contributed by atoms with E-state index in [-0.39, 0.29) is 0 Å². The fourth-order valence-electron chi connectivity index (χ4n) is 8.44. The smallest absolute Gasteiger partial charge is 0.238 e. The topological polar surface area (TPSA) is 69.6 Å². The number of rotatable bonds is 6. The molecule has 0 atom stereocenters. The third-order valence-corrected chi connectivity index (χ3v) is 12.3. The van der Waals surface area contributed by atoms with Gasteiger partial charge in [0.1, 0.15) is 5.52 Å². The van der Waals surface area contributed by atoms with E-state index < -0.39 is 0 Å². The van der Waals surface area contributed by atoms with Crippen LogP contribution in [0.15, 0.2) is 192 Å². The lowest BCUT2D eigenvalue weighted by molar-refractivity contribution is 0.621. The molecule has 0 bridgehead atoms. The lowest BCUT2D eigenvalue weighted by Crippen LogP contribution is -2.06. The monoisotopic (exact) mass is 773 g/mol. The second-order valence-corrected chi connectivity index (χ2v) is 15.7. The summed E-state index contributed by atoms with van der Waals surface area (Å²) in [6, 6.07) is 65.1. The molecule has 0 saturated carbocycles. The van der Waals surface area contributed by atoms with Crippen molar-refractivity contribution in [1.82, 2.24) is 24.5 Å². The third kappa shape index (κ3) is 5.47. The fourth-order valence-corrected chi connectivity index (χ4v) is 9.65. The second-order valence-electron chi connectivity index (χ2n) is 14.6. The highest BCUT2D eigenvalue weighted by Crippen LogP contribution is 2.42. The molecule has 0 N–H and O–H groups in total. The number of hydrogen-bond donors (Lipinski definition) is 0. The van der Waals surface area contributed by atoms with Crippen LogP contribution in [0.2, 0.25) is 0 Å².